The van der Waals surface area contributed by atoms with Crippen LogP contribution in [0, 0.1) is 5.92 Å². The van der Waals surface area contributed by atoms with Crippen LogP contribution in [0.15, 0.2) is 18.3 Å². The Morgan fingerprint density at radius 2 is 1.82 bits per heavy atom. The van der Waals surface area contributed by atoms with Crippen molar-refractivity contribution >= 4 is 17.8 Å². The van der Waals surface area contributed by atoms with Crippen LogP contribution < -0.4 is 15.5 Å². The number of carbonyl (C=O) groups is 2. The lowest BCUT2D eigenvalue weighted by Crippen LogP contribution is -2.55. The third-order valence-corrected chi connectivity index (χ3v) is 4.97. The predicted octanol–water partition coefficient (Wildman–Crippen LogP) is 3.35. The Hall–Kier alpha value is -2.31. The molecule has 0 aromatic carbocycles. The fraction of sp³-hybridized carbons (Fsp3) is 0.667. The largest absolute Gasteiger partial charge is 0.444 e. The number of anilines is 1. The molecule has 0 saturated heterocycles. The van der Waals surface area contributed by atoms with E-state index < -0.39 is 17.2 Å². The Balaban J connectivity index is 2.01. The molecule has 2 rings (SSSR count). The summed E-state index contributed by atoms with van der Waals surface area (Å²) in [6.07, 6.45) is 3.20. The van der Waals surface area contributed by atoms with Crippen molar-refractivity contribution < 1.29 is 14.3 Å². The zero-order chi connectivity index (χ0) is 20.9. The number of pyridine rings is 1. The van der Waals surface area contributed by atoms with Crippen LogP contribution in [0.4, 0.5) is 10.6 Å². The molecule has 0 bridgehead atoms. The minimum atomic E-state index is -0.554. The van der Waals surface area contributed by atoms with Gasteiger partial charge in [-0.2, -0.15) is 0 Å². The molecule has 2 amide bonds. The molecule has 1 unspecified atom stereocenters. The summed E-state index contributed by atoms with van der Waals surface area (Å²) in [5.41, 5.74) is -0.562. The molecule has 1 aliphatic carbocycles. The van der Waals surface area contributed by atoms with Gasteiger partial charge in [-0.3, -0.25) is 4.79 Å². The molecule has 1 aliphatic rings. The Bertz CT molecular complexity index is 676. The van der Waals surface area contributed by atoms with E-state index in [1.54, 1.807) is 12.3 Å². The highest BCUT2D eigenvalue weighted by Gasteiger charge is 2.43. The van der Waals surface area contributed by atoms with E-state index in [1.165, 1.54) is 0 Å². The number of amides is 2. The Morgan fingerprint density at radius 1 is 1.18 bits per heavy atom. The molecule has 2 N–H and O–H groups in total. The van der Waals surface area contributed by atoms with Gasteiger partial charge in [0.25, 0.3) is 5.91 Å². The number of hydrogen-bond donors (Lipinski definition) is 2. The van der Waals surface area contributed by atoms with E-state index in [0.29, 0.717) is 18.0 Å². The second-order valence-electron chi connectivity index (χ2n) is 8.58. The molecule has 0 spiro atoms. The van der Waals surface area contributed by atoms with Crippen LogP contribution in [-0.4, -0.2) is 47.8 Å². The van der Waals surface area contributed by atoms with Crippen molar-refractivity contribution in [1.82, 2.24) is 15.6 Å². The topological polar surface area (TPSA) is 83.6 Å². The fourth-order valence-electron chi connectivity index (χ4n) is 3.17. The Morgan fingerprint density at radius 3 is 2.29 bits per heavy atom. The number of aromatic nitrogens is 1. The van der Waals surface area contributed by atoms with Gasteiger partial charge < -0.3 is 20.3 Å². The summed E-state index contributed by atoms with van der Waals surface area (Å²) in [5.74, 6) is 1.02. The number of ether oxygens (including phenoxy) is 1. The van der Waals surface area contributed by atoms with Crippen LogP contribution in [0.3, 0.4) is 0 Å². The van der Waals surface area contributed by atoms with Gasteiger partial charge in [0.05, 0.1) is 11.1 Å². The van der Waals surface area contributed by atoms with Crippen LogP contribution in [0.2, 0.25) is 0 Å². The van der Waals surface area contributed by atoms with E-state index in [0.717, 1.165) is 31.7 Å². The SMILES string of the molecule is CCN(CC)c1ccc(C(=O)NC(C)(CNC(=O)OC(C)(C)C)C2CC2)cn1. The molecule has 1 fully saturated rings. The van der Waals surface area contributed by atoms with Crippen LogP contribution in [0.1, 0.15) is 64.7 Å². The summed E-state index contributed by atoms with van der Waals surface area (Å²) in [6, 6.07) is 3.67. The van der Waals surface area contributed by atoms with Crippen LogP contribution in [0.25, 0.3) is 0 Å². The molecule has 1 heterocycles. The molecule has 1 saturated carbocycles. The highest BCUT2D eigenvalue weighted by Crippen LogP contribution is 2.39. The summed E-state index contributed by atoms with van der Waals surface area (Å²) < 4.78 is 5.30. The molecule has 7 heteroatoms. The number of carbonyl (C=O) groups excluding carboxylic acids is 2. The maximum absolute atomic E-state index is 12.8. The first-order chi connectivity index (χ1) is 13.1. The average molecular weight is 391 g/mol. The molecule has 156 valence electrons. The molecular weight excluding hydrogens is 356 g/mol. The average Bonchev–Trinajstić information content (AvgIpc) is 3.46. The molecule has 1 aromatic rings. The van der Waals surface area contributed by atoms with E-state index in [-0.39, 0.29) is 5.91 Å². The third-order valence-electron chi connectivity index (χ3n) is 4.97. The quantitative estimate of drug-likeness (QED) is 0.711. The van der Waals surface area contributed by atoms with E-state index in [1.807, 2.05) is 33.8 Å². The number of nitrogens with zero attached hydrogens (tertiary/aromatic N) is 2. The first-order valence-electron chi connectivity index (χ1n) is 10.1. The van der Waals surface area contributed by atoms with Crippen molar-refractivity contribution in [2.24, 2.45) is 5.92 Å². The van der Waals surface area contributed by atoms with Crippen molar-refractivity contribution in [2.75, 3.05) is 24.5 Å². The second kappa shape index (κ2) is 8.80. The minimum absolute atomic E-state index is 0.181. The molecule has 1 aromatic heterocycles. The number of nitrogens with one attached hydrogen (secondary N) is 2. The molecule has 28 heavy (non-hydrogen) atoms. The number of alkyl carbamates (subject to hydrolysis) is 1. The van der Waals surface area contributed by atoms with Crippen molar-refractivity contribution in [1.29, 1.82) is 0 Å². The highest BCUT2D eigenvalue weighted by atomic mass is 16.6. The van der Waals surface area contributed by atoms with Gasteiger partial charge in [0.1, 0.15) is 11.4 Å². The van der Waals surface area contributed by atoms with Gasteiger partial charge in [-0.05, 0) is 72.4 Å². The van der Waals surface area contributed by atoms with Gasteiger partial charge in [0.15, 0.2) is 0 Å². The summed E-state index contributed by atoms with van der Waals surface area (Å²) in [5, 5.41) is 5.90. The smallest absolute Gasteiger partial charge is 0.407 e. The lowest BCUT2D eigenvalue weighted by Gasteiger charge is -2.32. The van der Waals surface area contributed by atoms with E-state index in [4.69, 9.17) is 4.74 Å². The van der Waals surface area contributed by atoms with E-state index in [9.17, 15) is 9.59 Å². The predicted molar refractivity (Wildman–Crippen MR) is 111 cm³/mol. The second-order valence-corrected chi connectivity index (χ2v) is 8.58. The van der Waals surface area contributed by atoms with Crippen LogP contribution in [0.5, 0.6) is 0 Å². The van der Waals surface area contributed by atoms with Crippen molar-refractivity contribution in [2.45, 2.75) is 65.5 Å². The number of hydrogen-bond acceptors (Lipinski definition) is 5. The van der Waals surface area contributed by atoms with Gasteiger partial charge in [0, 0.05) is 25.8 Å². The first-order valence-corrected chi connectivity index (χ1v) is 10.1. The lowest BCUT2D eigenvalue weighted by atomic mass is 9.95. The maximum Gasteiger partial charge on any atom is 0.407 e. The van der Waals surface area contributed by atoms with Gasteiger partial charge in [-0.25, -0.2) is 9.78 Å². The summed E-state index contributed by atoms with van der Waals surface area (Å²) in [7, 11) is 0. The standard InChI is InChI=1S/C21H34N4O3/c1-7-25(8-2)17-12-9-15(13-22-17)18(26)24-21(6,16-10-11-16)14-23-19(27)28-20(3,4)5/h9,12-13,16H,7-8,10-11,14H2,1-6H3,(H,23,27)(H,24,26). The molecule has 0 aliphatic heterocycles. The van der Waals surface area contributed by atoms with Gasteiger partial charge >= 0.3 is 6.09 Å². The van der Waals surface area contributed by atoms with Crippen molar-refractivity contribution in [3.05, 3.63) is 23.9 Å². The van der Waals surface area contributed by atoms with Gasteiger partial charge in [0.2, 0.25) is 0 Å². The first kappa shape index (κ1) is 22.0. The summed E-state index contributed by atoms with van der Waals surface area (Å²) in [6.45, 7) is 13.6. The molecule has 7 nitrogen and oxygen atoms in total. The monoisotopic (exact) mass is 390 g/mol. The van der Waals surface area contributed by atoms with E-state index in [2.05, 4.69) is 34.4 Å². The molecular formula is C21H34N4O3. The Kier molecular flexibility index (Phi) is 6.91. The van der Waals surface area contributed by atoms with Gasteiger partial charge in [-0.1, -0.05) is 0 Å². The molecule has 0 radical (unpaired) electrons. The zero-order valence-corrected chi connectivity index (χ0v) is 18.0. The van der Waals surface area contributed by atoms with Crippen LogP contribution >= 0.6 is 0 Å². The summed E-state index contributed by atoms with van der Waals surface area (Å²) in [4.78, 5) is 31.3. The zero-order valence-electron chi connectivity index (χ0n) is 18.0. The number of rotatable bonds is 8. The third kappa shape index (κ3) is 6.11. The Labute approximate surface area is 168 Å². The van der Waals surface area contributed by atoms with Crippen molar-refractivity contribution in [3.63, 3.8) is 0 Å². The lowest BCUT2D eigenvalue weighted by molar-refractivity contribution is 0.0502. The maximum atomic E-state index is 12.8. The minimum Gasteiger partial charge on any atom is -0.444 e. The van der Waals surface area contributed by atoms with Crippen LogP contribution in [-0.2, 0) is 4.74 Å². The highest BCUT2D eigenvalue weighted by molar-refractivity contribution is 5.94. The molecule has 1 atom stereocenters. The van der Waals surface area contributed by atoms with Crippen molar-refractivity contribution in [3.8, 4) is 0 Å². The fourth-order valence-corrected chi connectivity index (χ4v) is 3.17. The summed E-state index contributed by atoms with van der Waals surface area (Å²) >= 11 is 0. The normalized spacial score (nSPS) is 16.1. The van der Waals surface area contributed by atoms with E-state index >= 15 is 0 Å². The van der Waals surface area contributed by atoms with Gasteiger partial charge in [-0.15, -0.1) is 0 Å².